The number of aromatic nitrogens is 6. The zero-order chi connectivity index (χ0) is 17.2. The Labute approximate surface area is 134 Å². The second-order valence-electron chi connectivity index (χ2n) is 5.55. The summed E-state index contributed by atoms with van der Waals surface area (Å²) in [7, 11) is 0. The van der Waals surface area contributed by atoms with Gasteiger partial charge in [-0.15, -0.1) is 5.10 Å². The first-order valence-corrected chi connectivity index (χ1v) is 7.41. The van der Waals surface area contributed by atoms with E-state index in [2.05, 4.69) is 20.6 Å². The number of rotatable bonds is 4. The summed E-state index contributed by atoms with van der Waals surface area (Å²) in [6.45, 7) is 1.63. The minimum atomic E-state index is -4.62. The van der Waals surface area contributed by atoms with Crippen molar-refractivity contribution in [3.63, 3.8) is 0 Å². The summed E-state index contributed by atoms with van der Waals surface area (Å²) in [4.78, 5) is 11.8. The molecule has 0 N–H and O–H groups in total. The van der Waals surface area contributed by atoms with E-state index < -0.39 is 17.4 Å². The maximum atomic E-state index is 12.7. The van der Waals surface area contributed by atoms with Gasteiger partial charge in [0.1, 0.15) is 6.54 Å². The Morgan fingerprint density at radius 3 is 2.67 bits per heavy atom. The second-order valence-corrected chi connectivity index (χ2v) is 5.55. The lowest BCUT2D eigenvalue weighted by Crippen LogP contribution is -2.28. The highest BCUT2D eigenvalue weighted by Crippen LogP contribution is 2.26. The van der Waals surface area contributed by atoms with Crippen molar-refractivity contribution >= 4 is 0 Å². The minimum Gasteiger partial charge on any atom is -0.381 e. The highest BCUT2D eigenvalue weighted by molar-refractivity contribution is 5.04. The summed E-state index contributed by atoms with van der Waals surface area (Å²) in [6.07, 6.45) is -2.90. The zero-order valence-electron chi connectivity index (χ0n) is 12.6. The highest BCUT2D eigenvalue weighted by atomic mass is 19.4. The second kappa shape index (κ2) is 6.67. The number of hydrogen-bond donors (Lipinski definition) is 0. The molecular formula is C13H15F3N6O2. The quantitative estimate of drug-likeness (QED) is 0.812. The fraction of sp³-hybridized carbons (Fsp3) is 0.615. The molecule has 0 aromatic carbocycles. The lowest BCUT2D eigenvalue weighted by molar-refractivity contribution is -0.142. The first-order valence-electron chi connectivity index (χ1n) is 7.41. The number of alkyl halides is 3. The van der Waals surface area contributed by atoms with Crippen molar-refractivity contribution in [1.82, 2.24) is 30.0 Å². The van der Waals surface area contributed by atoms with E-state index in [1.54, 1.807) is 0 Å². The predicted octanol–water partition coefficient (Wildman–Crippen LogP) is 0.723. The summed E-state index contributed by atoms with van der Waals surface area (Å²) in [6, 6.07) is 1.49. The van der Waals surface area contributed by atoms with E-state index in [1.807, 2.05) is 0 Å². The summed E-state index contributed by atoms with van der Waals surface area (Å²) in [5.74, 6) is 0.614. The lowest BCUT2D eigenvalue weighted by Gasteiger charge is -2.21. The molecule has 3 heterocycles. The first-order chi connectivity index (χ1) is 11.4. The monoisotopic (exact) mass is 344 g/mol. The zero-order valence-corrected chi connectivity index (χ0v) is 12.6. The van der Waals surface area contributed by atoms with Crippen molar-refractivity contribution in [1.29, 1.82) is 0 Å². The smallest absolute Gasteiger partial charge is 0.381 e. The Bertz CT molecular complexity index is 751. The van der Waals surface area contributed by atoms with E-state index in [9.17, 15) is 18.0 Å². The molecule has 1 aliphatic heterocycles. The third-order valence-electron chi connectivity index (χ3n) is 3.83. The van der Waals surface area contributed by atoms with Crippen molar-refractivity contribution in [2.75, 3.05) is 13.2 Å². The fourth-order valence-corrected chi connectivity index (χ4v) is 2.50. The number of tetrazole rings is 1. The summed E-state index contributed by atoms with van der Waals surface area (Å²) in [5.41, 5.74) is -1.78. The van der Waals surface area contributed by atoms with E-state index in [1.165, 1.54) is 4.68 Å². The highest BCUT2D eigenvalue weighted by Gasteiger charge is 2.33. The van der Waals surface area contributed by atoms with E-state index in [-0.39, 0.29) is 12.4 Å². The van der Waals surface area contributed by atoms with Gasteiger partial charge in [-0.3, -0.25) is 4.79 Å². The molecule has 0 atom stereocenters. The van der Waals surface area contributed by atoms with Crippen LogP contribution in [0, 0.1) is 5.92 Å². The molecule has 0 unspecified atom stereocenters. The molecule has 11 heteroatoms. The summed E-state index contributed by atoms with van der Waals surface area (Å²) < 4.78 is 45.7. The van der Waals surface area contributed by atoms with Crippen LogP contribution in [0.2, 0.25) is 0 Å². The van der Waals surface area contributed by atoms with Crippen LogP contribution in [0.1, 0.15) is 24.4 Å². The van der Waals surface area contributed by atoms with Gasteiger partial charge in [-0.2, -0.15) is 18.3 Å². The van der Waals surface area contributed by atoms with E-state index in [4.69, 9.17) is 4.74 Å². The van der Waals surface area contributed by atoms with Crippen molar-refractivity contribution in [3.05, 3.63) is 34.0 Å². The summed E-state index contributed by atoms with van der Waals surface area (Å²) in [5, 5.41) is 14.6. The molecule has 1 aliphatic rings. The largest absolute Gasteiger partial charge is 0.435 e. The molecule has 0 aliphatic carbocycles. The van der Waals surface area contributed by atoms with Crippen LogP contribution in [0.25, 0.3) is 0 Å². The van der Waals surface area contributed by atoms with Gasteiger partial charge in [0.25, 0.3) is 5.56 Å². The predicted molar refractivity (Wildman–Crippen MR) is 74.0 cm³/mol. The minimum absolute atomic E-state index is 0.223. The van der Waals surface area contributed by atoms with Crippen LogP contribution in [-0.2, 0) is 24.0 Å². The number of ether oxygens (including phenoxy) is 1. The molecule has 130 valence electrons. The van der Waals surface area contributed by atoms with Gasteiger partial charge in [0.2, 0.25) is 0 Å². The molecule has 0 amide bonds. The van der Waals surface area contributed by atoms with Gasteiger partial charge in [-0.05, 0) is 35.3 Å². The molecule has 1 fully saturated rings. The van der Waals surface area contributed by atoms with Gasteiger partial charge >= 0.3 is 6.18 Å². The average Bonchev–Trinajstić information content (AvgIpc) is 2.96. The molecular weight excluding hydrogens is 329 g/mol. The normalized spacial score (nSPS) is 16.5. The van der Waals surface area contributed by atoms with Gasteiger partial charge in [-0.25, -0.2) is 9.36 Å². The standard InChI is InChI=1S/C13H15F3N6O2/c14-13(15,16)10-1-2-12(23)22(18-10)8-11-17-19-20-21(11)7-9-3-5-24-6-4-9/h1-2,9H,3-8H2. The van der Waals surface area contributed by atoms with Crippen LogP contribution in [0.5, 0.6) is 0 Å². The van der Waals surface area contributed by atoms with E-state index in [0.29, 0.717) is 31.7 Å². The molecule has 1 saturated heterocycles. The number of halogens is 3. The van der Waals surface area contributed by atoms with Crippen LogP contribution in [-0.4, -0.2) is 43.2 Å². The summed E-state index contributed by atoms with van der Waals surface area (Å²) >= 11 is 0. The van der Waals surface area contributed by atoms with Gasteiger partial charge in [-0.1, -0.05) is 0 Å². The van der Waals surface area contributed by atoms with Crippen molar-refractivity contribution < 1.29 is 17.9 Å². The fourth-order valence-electron chi connectivity index (χ4n) is 2.50. The van der Waals surface area contributed by atoms with Crippen molar-refractivity contribution in [2.24, 2.45) is 5.92 Å². The maximum absolute atomic E-state index is 12.7. The van der Waals surface area contributed by atoms with E-state index >= 15 is 0 Å². The molecule has 0 radical (unpaired) electrons. The molecule has 2 aromatic rings. The van der Waals surface area contributed by atoms with Crippen molar-refractivity contribution in [2.45, 2.75) is 32.1 Å². The number of hydrogen-bond acceptors (Lipinski definition) is 6. The Hall–Kier alpha value is -2.30. The van der Waals surface area contributed by atoms with Gasteiger partial charge in [0.15, 0.2) is 11.5 Å². The Morgan fingerprint density at radius 1 is 1.21 bits per heavy atom. The third kappa shape index (κ3) is 3.78. The Balaban J connectivity index is 1.79. The van der Waals surface area contributed by atoms with Gasteiger partial charge < -0.3 is 4.74 Å². The van der Waals surface area contributed by atoms with Crippen molar-refractivity contribution in [3.8, 4) is 0 Å². The molecule has 24 heavy (non-hydrogen) atoms. The molecule has 3 rings (SSSR count). The third-order valence-corrected chi connectivity index (χ3v) is 3.83. The number of nitrogens with zero attached hydrogens (tertiary/aromatic N) is 6. The van der Waals surface area contributed by atoms with E-state index in [0.717, 1.165) is 23.6 Å². The van der Waals surface area contributed by atoms with Gasteiger partial charge in [0, 0.05) is 25.8 Å². The molecule has 0 spiro atoms. The lowest BCUT2D eigenvalue weighted by atomic mass is 10.0. The Morgan fingerprint density at radius 2 is 1.96 bits per heavy atom. The average molecular weight is 344 g/mol. The van der Waals surface area contributed by atoms with Gasteiger partial charge in [0.05, 0.1) is 0 Å². The van der Waals surface area contributed by atoms with Crippen LogP contribution in [0.15, 0.2) is 16.9 Å². The Kier molecular flexibility index (Phi) is 4.60. The molecule has 0 saturated carbocycles. The molecule has 8 nitrogen and oxygen atoms in total. The molecule has 0 bridgehead atoms. The molecule has 2 aromatic heterocycles. The van der Waals surface area contributed by atoms with Crippen LogP contribution >= 0.6 is 0 Å². The van der Waals surface area contributed by atoms with Crippen LogP contribution in [0.4, 0.5) is 13.2 Å². The first kappa shape index (κ1) is 16.6. The maximum Gasteiger partial charge on any atom is 0.435 e. The topological polar surface area (TPSA) is 87.7 Å². The SMILES string of the molecule is O=c1ccc(C(F)(F)F)nn1Cc1nnnn1CC1CCOCC1. The van der Waals surface area contributed by atoms with Crippen LogP contribution in [0.3, 0.4) is 0 Å². The van der Waals surface area contributed by atoms with Crippen LogP contribution < -0.4 is 5.56 Å².